The highest BCUT2D eigenvalue weighted by atomic mass is 16.5. The third-order valence-corrected chi connectivity index (χ3v) is 5.33. The van der Waals surface area contributed by atoms with Gasteiger partial charge in [0.1, 0.15) is 0 Å². The molecule has 0 N–H and O–H groups in total. The van der Waals surface area contributed by atoms with Crippen LogP contribution in [-0.4, -0.2) is 124 Å². The van der Waals surface area contributed by atoms with E-state index >= 15 is 0 Å². The Balaban J connectivity index is 1.71. The minimum atomic E-state index is -0.00220. The summed E-state index contributed by atoms with van der Waals surface area (Å²) in [6.07, 6.45) is 1.04. The highest BCUT2D eigenvalue weighted by molar-refractivity contribution is 5.81. The molecule has 0 saturated carbocycles. The van der Waals surface area contributed by atoms with Crippen molar-refractivity contribution in [1.82, 2.24) is 19.6 Å². The van der Waals surface area contributed by atoms with Gasteiger partial charge in [-0.05, 0) is 26.9 Å². The van der Waals surface area contributed by atoms with E-state index in [1.807, 2.05) is 0 Å². The van der Waals surface area contributed by atoms with Gasteiger partial charge in [0.05, 0.1) is 25.9 Å². The Morgan fingerprint density at radius 2 is 1.72 bits per heavy atom. The summed E-state index contributed by atoms with van der Waals surface area (Å²) in [6.45, 7) is 12.8. The van der Waals surface area contributed by atoms with E-state index in [2.05, 4.69) is 33.6 Å². The highest BCUT2D eigenvalue weighted by Crippen LogP contribution is 2.11. The van der Waals surface area contributed by atoms with Gasteiger partial charge >= 0.3 is 0 Å². The summed E-state index contributed by atoms with van der Waals surface area (Å²) in [6, 6.07) is -0.00220. The van der Waals surface area contributed by atoms with Gasteiger partial charge in [0.2, 0.25) is 5.91 Å². The van der Waals surface area contributed by atoms with Crippen molar-refractivity contribution in [2.75, 3.05) is 92.9 Å². The minimum Gasteiger partial charge on any atom is -0.382 e. The predicted molar refractivity (Wildman–Crippen MR) is 98.9 cm³/mol. The van der Waals surface area contributed by atoms with Gasteiger partial charge in [0, 0.05) is 59.5 Å². The van der Waals surface area contributed by atoms with Gasteiger partial charge < -0.3 is 19.3 Å². The molecule has 1 unspecified atom stereocenters. The van der Waals surface area contributed by atoms with Crippen molar-refractivity contribution in [1.29, 1.82) is 0 Å². The van der Waals surface area contributed by atoms with Crippen molar-refractivity contribution >= 4 is 5.91 Å². The molecule has 0 spiro atoms. The third-order valence-electron chi connectivity index (χ3n) is 5.33. The smallest absolute Gasteiger partial charge is 0.239 e. The van der Waals surface area contributed by atoms with E-state index in [1.54, 1.807) is 7.11 Å². The van der Waals surface area contributed by atoms with Crippen molar-refractivity contribution < 1.29 is 14.3 Å². The first-order valence-corrected chi connectivity index (χ1v) is 9.62. The fourth-order valence-electron chi connectivity index (χ4n) is 3.48. The Bertz CT molecular complexity index is 389. The molecule has 2 heterocycles. The largest absolute Gasteiger partial charge is 0.382 e. The number of piperazine rings is 1. The summed E-state index contributed by atoms with van der Waals surface area (Å²) in [5, 5.41) is 0. The first-order chi connectivity index (χ1) is 12.1. The fraction of sp³-hybridized carbons (Fsp3) is 0.944. The van der Waals surface area contributed by atoms with Crippen molar-refractivity contribution in [3.63, 3.8) is 0 Å². The van der Waals surface area contributed by atoms with Crippen molar-refractivity contribution in [3.05, 3.63) is 0 Å². The molecular weight excluding hydrogens is 320 g/mol. The molecule has 1 atom stereocenters. The maximum Gasteiger partial charge on any atom is 0.239 e. The van der Waals surface area contributed by atoms with E-state index in [9.17, 15) is 4.79 Å². The monoisotopic (exact) mass is 356 g/mol. The number of nitrogens with zero attached hydrogens (tertiary/aromatic N) is 4. The van der Waals surface area contributed by atoms with Crippen LogP contribution in [0.2, 0.25) is 0 Å². The van der Waals surface area contributed by atoms with Gasteiger partial charge in [-0.1, -0.05) is 0 Å². The van der Waals surface area contributed by atoms with Crippen LogP contribution in [0.25, 0.3) is 0 Å². The summed E-state index contributed by atoms with van der Waals surface area (Å²) >= 11 is 0. The minimum absolute atomic E-state index is 0.00220. The second-order valence-corrected chi connectivity index (χ2v) is 7.14. The third kappa shape index (κ3) is 6.83. The number of methoxy groups -OCH3 is 1. The molecule has 25 heavy (non-hydrogen) atoms. The zero-order valence-electron chi connectivity index (χ0n) is 16.3. The van der Waals surface area contributed by atoms with Crippen LogP contribution >= 0.6 is 0 Å². The van der Waals surface area contributed by atoms with Crippen molar-refractivity contribution in [2.45, 2.75) is 19.4 Å². The van der Waals surface area contributed by atoms with Crippen LogP contribution < -0.4 is 0 Å². The lowest BCUT2D eigenvalue weighted by Crippen LogP contribution is -2.54. The molecule has 2 rings (SSSR count). The van der Waals surface area contributed by atoms with Crippen LogP contribution in [0.4, 0.5) is 0 Å². The number of ether oxygens (including phenoxy) is 2. The molecule has 7 heteroatoms. The zero-order chi connectivity index (χ0) is 18.1. The summed E-state index contributed by atoms with van der Waals surface area (Å²) in [7, 11) is 3.83. The number of hydrogen-bond donors (Lipinski definition) is 0. The molecule has 2 aliphatic rings. The van der Waals surface area contributed by atoms with E-state index in [4.69, 9.17) is 9.47 Å². The Kier molecular flexibility index (Phi) is 9.12. The van der Waals surface area contributed by atoms with E-state index in [1.165, 1.54) is 0 Å². The summed E-state index contributed by atoms with van der Waals surface area (Å²) in [5.74, 6) is 0.294. The first-order valence-electron chi connectivity index (χ1n) is 9.62. The van der Waals surface area contributed by atoms with E-state index in [0.717, 1.165) is 71.9 Å². The average molecular weight is 357 g/mol. The Morgan fingerprint density at radius 1 is 0.960 bits per heavy atom. The van der Waals surface area contributed by atoms with Crippen LogP contribution in [0, 0.1) is 0 Å². The van der Waals surface area contributed by atoms with Gasteiger partial charge in [-0.15, -0.1) is 0 Å². The van der Waals surface area contributed by atoms with Gasteiger partial charge in [0.15, 0.2) is 0 Å². The van der Waals surface area contributed by atoms with Crippen LogP contribution in [0.3, 0.4) is 0 Å². The van der Waals surface area contributed by atoms with Crippen molar-refractivity contribution in [2.24, 2.45) is 0 Å². The van der Waals surface area contributed by atoms with E-state index in [-0.39, 0.29) is 6.04 Å². The molecule has 7 nitrogen and oxygen atoms in total. The predicted octanol–water partition coefficient (Wildman–Crippen LogP) is -0.180. The molecule has 0 aromatic carbocycles. The molecule has 0 aromatic rings. The molecule has 146 valence electrons. The molecule has 0 aliphatic carbocycles. The molecule has 0 bridgehead atoms. The van der Waals surface area contributed by atoms with Crippen LogP contribution in [0.1, 0.15) is 13.3 Å². The lowest BCUT2D eigenvalue weighted by atomic mass is 10.2. The summed E-state index contributed by atoms with van der Waals surface area (Å²) in [5.41, 5.74) is 0. The molecule has 2 aliphatic heterocycles. The van der Waals surface area contributed by atoms with Gasteiger partial charge in [0.25, 0.3) is 0 Å². The summed E-state index contributed by atoms with van der Waals surface area (Å²) in [4.78, 5) is 22.0. The number of amides is 1. The Labute approximate surface area is 152 Å². The zero-order valence-corrected chi connectivity index (χ0v) is 16.3. The van der Waals surface area contributed by atoms with Crippen LogP contribution in [0.5, 0.6) is 0 Å². The molecule has 2 fully saturated rings. The van der Waals surface area contributed by atoms with Gasteiger partial charge in [-0.3, -0.25) is 14.6 Å². The summed E-state index contributed by atoms with van der Waals surface area (Å²) < 4.78 is 10.5. The lowest BCUT2D eigenvalue weighted by molar-refractivity contribution is -0.137. The van der Waals surface area contributed by atoms with Crippen LogP contribution in [0.15, 0.2) is 0 Å². The number of rotatable bonds is 8. The normalized spacial score (nSPS) is 22.8. The lowest BCUT2D eigenvalue weighted by Gasteiger charge is -2.37. The SMILES string of the molecule is COCCOCCN1CCCN(C(=O)C(C)N2CCN(C)CC2)CC1. The average Bonchev–Trinajstić information content (AvgIpc) is 2.87. The highest BCUT2D eigenvalue weighted by Gasteiger charge is 2.28. The molecular formula is C18H36N4O3. The number of hydrogen-bond acceptors (Lipinski definition) is 6. The maximum atomic E-state index is 12.9. The standard InChI is InChI=1S/C18H36N4O3/c1-17(21-10-7-19(2)8-11-21)18(23)22-6-4-5-20(9-12-22)13-14-25-16-15-24-3/h17H,4-16H2,1-3H3. The van der Waals surface area contributed by atoms with Crippen molar-refractivity contribution in [3.8, 4) is 0 Å². The Morgan fingerprint density at radius 3 is 2.44 bits per heavy atom. The quantitative estimate of drug-likeness (QED) is 0.563. The molecule has 1 amide bonds. The second-order valence-electron chi connectivity index (χ2n) is 7.14. The Hall–Kier alpha value is -0.730. The topological polar surface area (TPSA) is 48.5 Å². The molecule has 0 radical (unpaired) electrons. The van der Waals surface area contributed by atoms with Gasteiger partial charge in [-0.25, -0.2) is 0 Å². The van der Waals surface area contributed by atoms with Gasteiger partial charge in [-0.2, -0.15) is 0 Å². The molecule has 0 aromatic heterocycles. The fourth-order valence-corrected chi connectivity index (χ4v) is 3.48. The van der Waals surface area contributed by atoms with Crippen LogP contribution in [-0.2, 0) is 14.3 Å². The number of carbonyl (C=O) groups excluding carboxylic acids is 1. The van der Waals surface area contributed by atoms with E-state index < -0.39 is 0 Å². The number of carbonyl (C=O) groups is 1. The first kappa shape index (κ1) is 20.6. The maximum absolute atomic E-state index is 12.9. The second kappa shape index (κ2) is 11.1. The van der Waals surface area contributed by atoms with E-state index in [0.29, 0.717) is 19.1 Å². The molecule has 2 saturated heterocycles. The number of likely N-dealkylation sites (N-methyl/N-ethyl adjacent to an activating group) is 1.